The van der Waals surface area contributed by atoms with Crippen molar-refractivity contribution in [3.63, 3.8) is 0 Å². The van der Waals surface area contributed by atoms with Crippen molar-refractivity contribution in [1.29, 1.82) is 0 Å². The van der Waals surface area contributed by atoms with E-state index in [0.717, 1.165) is 6.42 Å². The van der Waals surface area contributed by atoms with Gasteiger partial charge < -0.3 is 4.74 Å². The molecule has 8 nitrogen and oxygen atoms in total. The lowest BCUT2D eigenvalue weighted by atomic mass is 10.2. The molecule has 1 heterocycles. The summed E-state index contributed by atoms with van der Waals surface area (Å²) in [7, 11) is 0. The minimum Gasteiger partial charge on any atom is -0.493 e. The number of aromatic nitrogens is 2. The molecule has 0 spiro atoms. The molecule has 9 heteroatoms. The summed E-state index contributed by atoms with van der Waals surface area (Å²) < 4.78 is 5.71. The number of carbonyl (C=O) groups excluding carboxylic acids is 2. The summed E-state index contributed by atoms with van der Waals surface area (Å²) in [6, 6.07) is 18.5. The fourth-order valence-corrected chi connectivity index (χ4v) is 2.71. The second kappa shape index (κ2) is 10.7. The zero-order chi connectivity index (χ0) is 21.2. The number of nitrogens with one attached hydrogen (secondary N) is 4. The SMILES string of the molecule is O=C(Cc1ccn[nH]1)NNC(=S)NC(=O)c1ccc(OCCc2ccccc2)cc1. The number of nitrogens with zero attached hydrogens (tertiary/aromatic N) is 1. The van der Waals surface area contributed by atoms with E-state index in [1.54, 1.807) is 36.5 Å². The Kier molecular flexibility index (Phi) is 7.51. The molecule has 0 saturated heterocycles. The third kappa shape index (κ3) is 6.71. The highest BCUT2D eigenvalue weighted by Crippen LogP contribution is 2.13. The molecule has 0 aliphatic carbocycles. The Bertz CT molecular complexity index is 976. The second-order valence-electron chi connectivity index (χ2n) is 6.32. The molecular formula is C21H21N5O3S. The van der Waals surface area contributed by atoms with Crippen molar-refractivity contribution < 1.29 is 14.3 Å². The van der Waals surface area contributed by atoms with E-state index in [4.69, 9.17) is 17.0 Å². The van der Waals surface area contributed by atoms with Crippen LogP contribution in [-0.2, 0) is 17.6 Å². The molecule has 0 fully saturated rings. The van der Waals surface area contributed by atoms with Crippen LogP contribution in [0.1, 0.15) is 21.6 Å². The topological polar surface area (TPSA) is 108 Å². The maximum Gasteiger partial charge on any atom is 0.257 e. The van der Waals surface area contributed by atoms with Crippen LogP contribution in [0.25, 0.3) is 0 Å². The Hall–Kier alpha value is -3.72. The van der Waals surface area contributed by atoms with E-state index in [9.17, 15) is 9.59 Å². The normalized spacial score (nSPS) is 10.1. The van der Waals surface area contributed by atoms with Crippen LogP contribution in [0, 0.1) is 0 Å². The third-order valence-corrected chi connectivity index (χ3v) is 4.27. The predicted octanol–water partition coefficient (Wildman–Crippen LogP) is 1.91. The van der Waals surface area contributed by atoms with E-state index in [1.165, 1.54) is 5.56 Å². The summed E-state index contributed by atoms with van der Waals surface area (Å²) in [5, 5.41) is 8.93. The molecule has 2 amide bonds. The number of carbonyl (C=O) groups is 2. The van der Waals surface area contributed by atoms with Gasteiger partial charge in [0.05, 0.1) is 13.0 Å². The van der Waals surface area contributed by atoms with Crippen molar-refractivity contribution in [3.8, 4) is 5.75 Å². The Labute approximate surface area is 179 Å². The van der Waals surface area contributed by atoms with Crippen molar-refractivity contribution in [2.24, 2.45) is 0 Å². The van der Waals surface area contributed by atoms with E-state index in [2.05, 4.69) is 26.4 Å². The van der Waals surface area contributed by atoms with E-state index in [1.807, 2.05) is 30.3 Å². The van der Waals surface area contributed by atoms with Crippen molar-refractivity contribution in [2.45, 2.75) is 12.8 Å². The number of hydrazine groups is 1. The zero-order valence-electron chi connectivity index (χ0n) is 16.1. The number of hydrogen-bond donors (Lipinski definition) is 4. The molecule has 0 radical (unpaired) electrons. The van der Waals surface area contributed by atoms with Gasteiger partial charge in [-0.3, -0.25) is 30.9 Å². The summed E-state index contributed by atoms with van der Waals surface area (Å²) in [5.41, 5.74) is 7.18. The molecule has 0 aliphatic rings. The molecule has 154 valence electrons. The first-order chi connectivity index (χ1) is 14.6. The van der Waals surface area contributed by atoms with Crippen LogP contribution in [-0.4, -0.2) is 33.7 Å². The number of thiocarbonyl (C=S) groups is 1. The number of rotatable bonds is 7. The minimum absolute atomic E-state index is 0.0128. The van der Waals surface area contributed by atoms with Gasteiger partial charge in [0.25, 0.3) is 5.91 Å². The van der Waals surface area contributed by atoms with Gasteiger partial charge in [0.15, 0.2) is 5.11 Å². The monoisotopic (exact) mass is 423 g/mol. The maximum atomic E-state index is 12.3. The number of amides is 2. The average molecular weight is 423 g/mol. The van der Waals surface area contributed by atoms with Gasteiger partial charge in [-0.15, -0.1) is 0 Å². The van der Waals surface area contributed by atoms with Gasteiger partial charge in [0, 0.05) is 23.9 Å². The molecule has 3 aromatic rings. The molecule has 0 unspecified atom stereocenters. The molecule has 3 rings (SSSR count). The van der Waals surface area contributed by atoms with Gasteiger partial charge >= 0.3 is 0 Å². The number of H-pyrrole nitrogens is 1. The molecular weight excluding hydrogens is 402 g/mol. The van der Waals surface area contributed by atoms with Crippen molar-refractivity contribution in [2.75, 3.05) is 6.61 Å². The molecule has 0 atom stereocenters. The highest BCUT2D eigenvalue weighted by atomic mass is 32.1. The fourth-order valence-electron chi connectivity index (χ4n) is 2.57. The molecule has 0 saturated carbocycles. The third-order valence-electron chi connectivity index (χ3n) is 4.07. The van der Waals surface area contributed by atoms with Gasteiger partial charge in [-0.2, -0.15) is 5.10 Å². The lowest BCUT2D eigenvalue weighted by Crippen LogP contribution is -2.48. The first-order valence-electron chi connectivity index (χ1n) is 9.25. The number of hydrogen-bond acceptors (Lipinski definition) is 5. The molecule has 1 aromatic heterocycles. The number of benzene rings is 2. The lowest BCUT2D eigenvalue weighted by Gasteiger charge is -2.11. The highest BCUT2D eigenvalue weighted by Gasteiger charge is 2.09. The van der Waals surface area contributed by atoms with Gasteiger partial charge in [0.1, 0.15) is 5.75 Å². The smallest absolute Gasteiger partial charge is 0.257 e. The van der Waals surface area contributed by atoms with Gasteiger partial charge in [-0.05, 0) is 48.1 Å². The predicted molar refractivity (Wildman–Crippen MR) is 116 cm³/mol. The highest BCUT2D eigenvalue weighted by molar-refractivity contribution is 7.80. The molecule has 30 heavy (non-hydrogen) atoms. The average Bonchev–Trinajstić information content (AvgIpc) is 3.26. The second-order valence-corrected chi connectivity index (χ2v) is 6.73. The number of aromatic amines is 1. The van der Waals surface area contributed by atoms with Crippen LogP contribution >= 0.6 is 12.2 Å². The molecule has 0 aliphatic heterocycles. The van der Waals surface area contributed by atoms with Crippen molar-refractivity contribution in [1.82, 2.24) is 26.4 Å². The van der Waals surface area contributed by atoms with Crippen LogP contribution in [0.5, 0.6) is 5.75 Å². The Balaban J connectivity index is 1.39. The summed E-state index contributed by atoms with van der Waals surface area (Å²) in [4.78, 5) is 24.0. The Morgan fingerprint density at radius 2 is 1.77 bits per heavy atom. The largest absolute Gasteiger partial charge is 0.493 e. The standard InChI is InChI=1S/C21H21N5O3S/c27-19(14-17-10-12-22-24-17)25-26-21(30)23-20(28)16-6-8-18(9-7-16)29-13-11-15-4-2-1-3-5-15/h1-10,12H,11,13-14H2,(H,22,24)(H,25,27)(H2,23,26,28,30). The molecule has 2 aromatic carbocycles. The summed E-state index contributed by atoms with van der Waals surface area (Å²) in [6.45, 7) is 0.543. The van der Waals surface area contributed by atoms with Crippen LogP contribution in [0.2, 0.25) is 0 Å². The zero-order valence-corrected chi connectivity index (χ0v) is 16.9. The van der Waals surface area contributed by atoms with Gasteiger partial charge in [-0.25, -0.2) is 0 Å². The van der Waals surface area contributed by atoms with E-state index in [-0.39, 0.29) is 17.4 Å². The maximum absolute atomic E-state index is 12.3. The van der Waals surface area contributed by atoms with Crippen LogP contribution in [0.15, 0.2) is 66.9 Å². The summed E-state index contributed by atoms with van der Waals surface area (Å²) >= 11 is 5.02. The first kappa shape index (κ1) is 21.0. The van der Waals surface area contributed by atoms with Crippen molar-refractivity contribution in [3.05, 3.63) is 83.7 Å². The van der Waals surface area contributed by atoms with Crippen LogP contribution in [0.4, 0.5) is 0 Å². The Morgan fingerprint density at radius 1 is 1.00 bits per heavy atom. The molecule has 0 bridgehead atoms. The van der Waals surface area contributed by atoms with Gasteiger partial charge in [0.2, 0.25) is 5.91 Å². The van der Waals surface area contributed by atoms with Crippen LogP contribution in [0.3, 0.4) is 0 Å². The van der Waals surface area contributed by atoms with E-state index >= 15 is 0 Å². The summed E-state index contributed by atoms with van der Waals surface area (Å²) in [6.07, 6.45) is 2.46. The fraction of sp³-hybridized carbons (Fsp3) is 0.143. The van der Waals surface area contributed by atoms with Crippen LogP contribution < -0.4 is 20.9 Å². The Morgan fingerprint density at radius 3 is 2.47 bits per heavy atom. The minimum atomic E-state index is -0.397. The first-order valence-corrected chi connectivity index (χ1v) is 9.66. The van der Waals surface area contributed by atoms with E-state index < -0.39 is 5.91 Å². The van der Waals surface area contributed by atoms with E-state index in [0.29, 0.717) is 23.6 Å². The van der Waals surface area contributed by atoms with Gasteiger partial charge in [-0.1, -0.05) is 30.3 Å². The quantitative estimate of drug-likeness (QED) is 0.342. The summed E-state index contributed by atoms with van der Waals surface area (Å²) in [5.74, 6) is -0.0479. The molecule has 4 N–H and O–H groups in total. The number of ether oxygens (including phenoxy) is 1. The lowest BCUT2D eigenvalue weighted by molar-refractivity contribution is -0.121. The van der Waals surface area contributed by atoms with Crippen molar-refractivity contribution >= 4 is 29.1 Å².